The summed E-state index contributed by atoms with van der Waals surface area (Å²) in [5.41, 5.74) is 0.727. The molecule has 2 rings (SSSR count). The minimum atomic E-state index is -0.652. The molecule has 0 heterocycles. The fraction of sp³-hybridized carbons (Fsp3) is 0.417. The third-order valence-corrected chi connectivity index (χ3v) is 5.98. The van der Waals surface area contributed by atoms with Crippen LogP contribution in [0.3, 0.4) is 0 Å². The van der Waals surface area contributed by atoms with E-state index in [1.807, 2.05) is 13.8 Å². The Hall–Kier alpha value is -1.95. The van der Waals surface area contributed by atoms with Crippen molar-refractivity contribution in [1.29, 1.82) is 0 Å². The van der Waals surface area contributed by atoms with Gasteiger partial charge in [0.15, 0.2) is 0 Å². The van der Waals surface area contributed by atoms with E-state index in [4.69, 9.17) is 39.5 Å². The molecule has 5 nitrogen and oxygen atoms in total. The van der Waals surface area contributed by atoms with Crippen LogP contribution in [0.25, 0.3) is 0 Å². The molecule has 2 aromatic carbocycles. The highest BCUT2D eigenvalue weighted by Crippen LogP contribution is 2.24. The molecule has 0 aliphatic rings. The fourth-order valence-corrected chi connectivity index (χ4v) is 3.56. The van der Waals surface area contributed by atoms with Crippen LogP contribution in [0.5, 0.6) is 5.75 Å². The smallest absolute Gasteiger partial charge is 0.242 e. The standard InChI is InChI=1S/C24H29Cl3N2O3/c1-4-16(2)28-24(31)17(3)29(15-18-7-8-20(26)14-22(18)27)23(30)6-5-13-32-21-11-9-19(25)10-12-21/h7-12,14,16-17H,4-6,13,15H2,1-3H3,(H,28,31)/t16-,17-/m0/s1. The van der Waals surface area contributed by atoms with Gasteiger partial charge in [0.1, 0.15) is 11.8 Å². The van der Waals surface area contributed by atoms with Gasteiger partial charge in [0.2, 0.25) is 11.8 Å². The second kappa shape index (κ2) is 12.9. The Kier molecular flexibility index (Phi) is 10.6. The number of hydrogen-bond donors (Lipinski definition) is 1. The van der Waals surface area contributed by atoms with Crippen LogP contribution in [0, 0.1) is 0 Å². The lowest BCUT2D eigenvalue weighted by molar-refractivity contribution is -0.141. The van der Waals surface area contributed by atoms with Crippen molar-refractivity contribution in [2.24, 2.45) is 0 Å². The molecular weight excluding hydrogens is 471 g/mol. The van der Waals surface area contributed by atoms with Crippen molar-refractivity contribution >= 4 is 46.6 Å². The van der Waals surface area contributed by atoms with E-state index in [1.54, 1.807) is 54.3 Å². The van der Waals surface area contributed by atoms with E-state index < -0.39 is 6.04 Å². The second-order valence-corrected chi connectivity index (χ2v) is 8.94. The van der Waals surface area contributed by atoms with Crippen molar-refractivity contribution in [1.82, 2.24) is 10.2 Å². The number of benzene rings is 2. The highest BCUT2D eigenvalue weighted by molar-refractivity contribution is 6.35. The number of amides is 2. The Labute approximate surface area is 205 Å². The summed E-state index contributed by atoms with van der Waals surface area (Å²) in [6.07, 6.45) is 1.54. The summed E-state index contributed by atoms with van der Waals surface area (Å²) in [7, 11) is 0. The third-order valence-electron chi connectivity index (χ3n) is 5.14. The summed E-state index contributed by atoms with van der Waals surface area (Å²) in [6.45, 7) is 6.23. The molecule has 2 aromatic rings. The van der Waals surface area contributed by atoms with Crippen LogP contribution in [-0.4, -0.2) is 35.4 Å². The van der Waals surface area contributed by atoms with E-state index in [-0.39, 0.29) is 30.8 Å². The van der Waals surface area contributed by atoms with Crippen molar-refractivity contribution < 1.29 is 14.3 Å². The van der Waals surface area contributed by atoms with Gasteiger partial charge in [0, 0.05) is 34.1 Å². The summed E-state index contributed by atoms with van der Waals surface area (Å²) in [5, 5.41) is 4.55. The van der Waals surface area contributed by atoms with E-state index in [0.717, 1.165) is 12.0 Å². The molecular formula is C24H29Cl3N2O3. The Morgan fingerprint density at radius 2 is 1.69 bits per heavy atom. The van der Waals surface area contributed by atoms with Gasteiger partial charge in [0.25, 0.3) is 0 Å². The number of nitrogens with one attached hydrogen (secondary N) is 1. The van der Waals surface area contributed by atoms with E-state index in [1.165, 1.54) is 0 Å². The normalized spacial score (nSPS) is 12.7. The number of carbonyl (C=O) groups is 2. The van der Waals surface area contributed by atoms with Crippen LogP contribution >= 0.6 is 34.8 Å². The molecule has 174 valence electrons. The van der Waals surface area contributed by atoms with Gasteiger partial charge in [0.05, 0.1) is 6.61 Å². The Morgan fingerprint density at radius 3 is 2.31 bits per heavy atom. The van der Waals surface area contributed by atoms with Gasteiger partial charge in [-0.3, -0.25) is 9.59 Å². The molecule has 0 fully saturated rings. The SMILES string of the molecule is CC[C@H](C)NC(=O)[C@H](C)N(Cc1ccc(Cl)cc1Cl)C(=O)CCCOc1ccc(Cl)cc1. The predicted octanol–water partition coefficient (Wildman–Crippen LogP) is 6.14. The van der Waals surface area contributed by atoms with Crippen LogP contribution < -0.4 is 10.1 Å². The first kappa shape index (κ1) is 26.3. The van der Waals surface area contributed by atoms with E-state index in [9.17, 15) is 9.59 Å². The van der Waals surface area contributed by atoms with Crippen molar-refractivity contribution in [3.63, 3.8) is 0 Å². The lowest BCUT2D eigenvalue weighted by atomic mass is 10.1. The third kappa shape index (κ3) is 8.19. The number of hydrogen-bond acceptors (Lipinski definition) is 3. The van der Waals surface area contributed by atoms with Crippen LogP contribution in [0.2, 0.25) is 15.1 Å². The molecule has 0 aliphatic heterocycles. The molecule has 8 heteroatoms. The quantitative estimate of drug-likeness (QED) is 0.378. The molecule has 0 aliphatic carbocycles. The van der Waals surface area contributed by atoms with Crippen LogP contribution in [-0.2, 0) is 16.1 Å². The maximum atomic E-state index is 13.1. The van der Waals surface area contributed by atoms with Crippen molar-refractivity contribution in [2.75, 3.05) is 6.61 Å². The fourth-order valence-electron chi connectivity index (χ4n) is 2.97. The highest BCUT2D eigenvalue weighted by Gasteiger charge is 2.27. The van der Waals surface area contributed by atoms with Crippen molar-refractivity contribution in [3.05, 3.63) is 63.1 Å². The maximum Gasteiger partial charge on any atom is 0.242 e. The molecule has 2 amide bonds. The number of rotatable bonds is 11. The molecule has 0 unspecified atom stereocenters. The van der Waals surface area contributed by atoms with Gasteiger partial charge in [-0.1, -0.05) is 47.8 Å². The van der Waals surface area contributed by atoms with E-state index in [2.05, 4.69) is 5.32 Å². The minimum Gasteiger partial charge on any atom is -0.494 e. The predicted molar refractivity (Wildman–Crippen MR) is 131 cm³/mol. The molecule has 0 aromatic heterocycles. The molecule has 0 radical (unpaired) electrons. The van der Waals surface area contributed by atoms with Crippen LogP contribution in [0.15, 0.2) is 42.5 Å². The number of halogens is 3. The monoisotopic (exact) mass is 498 g/mol. The van der Waals surface area contributed by atoms with Gasteiger partial charge in [-0.2, -0.15) is 0 Å². The molecule has 0 bridgehead atoms. The first-order chi connectivity index (χ1) is 15.2. The molecule has 0 saturated carbocycles. The molecule has 2 atom stereocenters. The van der Waals surface area contributed by atoms with Gasteiger partial charge in [-0.05, 0) is 68.7 Å². The maximum absolute atomic E-state index is 13.1. The lowest BCUT2D eigenvalue weighted by Crippen LogP contribution is -2.49. The topological polar surface area (TPSA) is 58.6 Å². The molecule has 0 spiro atoms. The van der Waals surface area contributed by atoms with Crippen molar-refractivity contribution in [3.8, 4) is 5.75 Å². The van der Waals surface area contributed by atoms with Crippen LogP contribution in [0.4, 0.5) is 0 Å². The first-order valence-electron chi connectivity index (χ1n) is 10.6. The van der Waals surface area contributed by atoms with Gasteiger partial charge >= 0.3 is 0 Å². The van der Waals surface area contributed by atoms with Crippen LogP contribution in [0.1, 0.15) is 45.6 Å². The number of carbonyl (C=O) groups excluding carboxylic acids is 2. The zero-order chi connectivity index (χ0) is 23.7. The number of ether oxygens (including phenoxy) is 1. The second-order valence-electron chi connectivity index (χ2n) is 7.66. The lowest BCUT2D eigenvalue weighted by Gasteiger charge is -2.30. The van der Waals surface area contributed by atoms with E-state index in [0.29, 0.717) is 33.8 Å². The van der Waals surface area contributed by atoms with Crippen molar-refractivity contribution in [2.45, 2.75) is 58.7 Å². The Bertz CT molecular complexity index is 906. The zero-order valence-corrected chi connectivity index (χ0v) is 20.8. The summed E-state index contributed by atoms with van der Waals surface area (Å²) in [6, 6.07) is 11.5. The molecule has 0 saturated heterocycles. The molecule has 32 heavy (non-hydrogen) atoms. The van der Waals surface area contributed by atoms with Gasteiger partial charge in [-0.25, -0.2) is 0 Å². The first-order valence-corrected chi connectivity index (χ1v) is 11.8. The summed E-state index contributed by atoms with van der Waals surface area (Å²) in [5.74, 6) is 0.339. The number of nitrogens with zero attached hydrogens (tertiary/aromatic N) is 1. The highest BCUT2D eigenvalue weighted by atomic mass is 35.5. The average molecular weight is 500 g/mol. The summed E-state index contributed by atoms with van der Waals surface area (Å²) < 4.78 is 5.67. The van der Waals surface area contributed by atoms with Gasteiger partial charge in [-0.15, -0.1) is 0 Å². The summed E-state index contributed by atoms with van der Waals surface area (Å²) in [4.78, 5) is 27.4. The van der Waals surface area contributed by atoms with Gasteiger partial charge < -0.3 is 15.0 Å². The summed E-state index contributed by atoms with van der Waals surface area (Å²) >= 11 is 18.2. The average Bonchev–Trinajstić information content (AvgIpc) is 2.76. The molecule has 1 N–H and O–H groups in total. The Balaban J connectivity index is 2.05. The minimum absolute atomic E-state index is 0.0220. The van der Waals surface area contributed by atoms with E-state index >= 15 is 0 Å². The largest absolute Gasteiger partial charge is 0.494 e. The Morgan fingerprint density at radius 1 is 1.03 bits per heavy atom. The zero-order valence-electron chi connectivity index (χ0n) is 18.5.